The lowest BCUT2D eigenvalue weighted by atomic mass is 10.4. The van der Waals surface area contributed by atoms with Crippen LogP contribution in [0.4, 0.5) is 5.13 Å². The van der Waals surface area contributed by atoms with Gasteiger partial charge in [-0.2, -0.15) is 0 Å². The number of carbonyl (C=O) groups excluding carboxylic acids is 1. The smallest absolute Gasteiger partial charge is 0.328 e. The first-order valence-electron chi connectivity index (χ1n) is 5.35. The summed E-state index contributed by atoms with van der Waals surface area (Å²) in [5.41, 5.74) is 0. The monoisotopic (exact) mass is 286 g/mol. The number of anilines is 1. The maximum atomic E-state index is 11.4. The molecule has 1 aromatic rings. The van der Waals surface area contributed by atoms with Gasteiger partial charge in [0.1, 0.15) is 6.61 Å². The fraction of sp³-hybridized carbons (Fsp3) is 0.364. The van der Waals surface area contributed by atoms with E-state index in [4.69, 9.17) is 14.6 Å². The van der Waals surface area contributed by atoms with Crippen LogP contribution < -0.4 is 5.32 Å². The molecule has 0 radical (unpaired) electrons. The van der Waals surface area contributed by atoms with Crippen LogP contribution in [0.3, 0.4) is 0 Å². The highest BCUT2D eigenvalue weighted by Crippen LogP contribution is 2.19. The molecule has 2 N–H and O–H groups in total. The lowest BCUT2D eigenvalue weighted by Gasteiger charge is -2.02. The highest BCUT2D eigenvalue weighted by atomic mass is 32.1. The van der Waals surface area contributed by atoms with E-state index in [0.29, 0.717) is 23.2 Å². The Morgan fingerprint density at radius 2 is 2.32 bits per heavy atom. The molecule has 8 heteroatoms. The number of nitrogens with one attached hydrogen (secondary N) is 1. The number of methoxy groups -OCH3 is 1. The number of amides is 1. The number of carbonyl (C=O) groups is 2. The maximum absolute atomic E-state index is 11.4. The minimum atomic E-state index is -1.04. The van der Waals surface area contributed by atoms with E-state index in [0.717, 1.165) is 6.08 Å². The number of carboxylic acid groups (broad SMARTS) is 1. The summed E-state index contributed by atoms with van der Waals surface area (Å²) >= 11 is 1.17. The first kappa shape index (κ1) is 15.3. The summed E-state index contributed by atoms with van der Waals surface area (Å²) in [5.74, 6) is -1.36. The summed E-state index contributed by atoms with van der Waals surface area (Å²) in [6.45, 7) is 0.687. The van der Waals surface area contributed by atoms with Crippen LogP contribution in [0.2, 0.25) is 0 Å². The highest BCUT2D eigenvalue weighted by molar-refractivity contribution is 7.16. The topological polar surface area (TPSA) is 97.8 Å². The second-order valence-corrected chi connectivity index (χ2v) is 4.40. The van der Waals surface area contributed by atoms with E-state index in [1.165, 1.54) is 23.6 Å². The van der Waals surface area contributed by atoms with E-state index >= 15 is 0 Å². The normalized spacial score (nSPS) is 10.8. The van der Waals surface area contributed by atoms with Crippen molar-refractivity contribution < 1.29 is 24.2 Å². The van der Waals surface area contributed by atoms with Gasteiger partial charge in [0.25, 0.3) is 5.91 Å². The van der Waals surface area contributed by atoms with E-state index in [1.54, 1.807) is 7.11 Å². The minimum Gasteiger partial charge on any atom is -0.478 e. The van der Waals surface area contributed by atoms with Crippen LogP contribution in [0.1, 0.15) is 4.88 Å². The van der Waals surface area contributed by atoms with E-state index in [-0.39, 0.29) is 12.5 Å². The molecular formula is C11H14N2O5S. The van der Waals surface area contributed by atoms with Gasteiger partial charge in [-0.1, -0.05) is 11.3 Å². The van der Waals surface area contributed by atoms with Gasteiger partial charge in [-0.3, -0.25) is 10.1 Å². The van der Waals surface area contributed by atoms with Crippen LogP contribution in [0.5, 0.6) is 0 Å². The molecule has 104 valence electrons. The van der Waals surface area contributed by atoms with Crippen molar-refractivity contribution in [3.63, 3.8) is 0 Å². The van der Waals surface area contributed by atoms with Crippen LogP contribution in [0, 0.1) is 0 Å². The zero-order valence-corrected chi connectivity index (χ0v) is 11.1. The number of rotatable bonds is 8. The largest absolute Gasteiger partial charge is 0.478 e. The zero-order chi connectivity index (χ0) is 14.1. The third-order valence-electron chi connectivity index (χ3n) is 1.83. The lowest BCUT2D eigenvalue weighted by Crippen LogP contribution is -2.19. The standard InChI is InChI=1S/C11H14N2O5S/c1-17-4-5-18-7-9(14)13-11-12-6-8(19-11)2-3-10(15)16/h2-3,6H,4-5,7H2,1H3,(H,15,16)(H,12,13,14)/b3-2+. The quantitative estimate of drug-likeness (QED) is 0.543. The molecule has 0 unspecified atom stereocenters. The number of hydrogen-bond acceptors (Lipinski definition) is 6. The molecule has 0 atom stereocenters. The van der Waals surface area contributed by atoms with Gasteiger partial charge in [0, 0.05) is 24.3 Å². The Bertz CT molecular complexity index is 458. The molecule has 1 heterocycles. The van der Waals surface area contributed by atoms with Gasteiger partial charge in [-0.25, -0.2) is 9.78 Å². The van der Waals surface area contributed by atoms with Crippen LogP contribution in [0.25, 0.3) is 6.08 Å². The molecule has 0 aromatic carbocycles. The molecule has 1 rings (SSSR count). The number of ether oxygens (including phenoxy) is 2. The van der Waals surface area contributed by atoms with Gasteiger partial charge in [-0.05, 0) is 6.08 Å². The molecule has 0 saturated carbocycles. The molecule has 0 aliphatic carbocycles. The molecule has 0 aliphatic heterocycles. The van der Waals surface area contributed by atoms with Crippen molar-refractivity contribution in [3.05, 3.63) is 17.2 Å². The predicted octanol–water partition coefficient (Wildman–Crippen LogP) is 0.842. The Hall–Kier alpha value is -1.77. The Kier molecular flexibility index (Phi) is 6.72. The van der Waals surface area contributed by atoms with Crippen LogP contribution in [0.15, 0.2) is 12.3 Å². The number of thiazole rings is 1. The summed E-state index contributed by atoms with van der Waals surface area (Å²) in [4.78, 5) is 26.3. The van der Waals surface area contributed by atoms with Crippen molar-refractivity contribution in [2.75, 3.05) is 32.2 Å². The fourth-order valence-electron chi connectivity index (χ4n) is 1.04. The van der Waals surface area contributed by atoms with Gasteiger partial charge in [0.2, 0.25) is 0 Å². The van der Waals surface area contributed by atoms with Crippen molar-refractivity contribution in [1.29, 1.82) is 0 Å². The molecule has 1 aromatic heterocycles. The third-order valence-corrected chi connectivity index (χ3v) is 2.70. The highest BCUT2D eigenvalue weighted by Gasteiger charge is 2.05. The Morgan fingerprint density at radius 1 is 1.53 bits per heavy atom. The number of aliphatic carboxylic acids is 1. The Morgan fingerprint density at radius 3 is 3.00 bits per heavy atom. The predicted molar refractivity (Wildman–Crippen MR) is 70.1 cm³/mol. The van der Waals surface area contributed by atoms with E-state index < -0.39 is 5.97 Å². The van der Waals surface area contributed by atoms with Gasteiger partial charge in [-0.15, -0.1) is 0 Å². The molecule has 0 bridgehead atoms. The van der Waals surface area contributed by atoms with Crippen LogP contribution in [-0.4, -0.2) is 48.9 Å². The van der Waals surface area contributed by atoms with E-state index in [1.807, 2.05) is 0 Å². The summed E-state index contributed by atoms with van der Waals surface area (Å²) in [5, 5.41) is 11.4. The van der Waals surface area contributed by atoms with Crippen molar-refractivity contribution in [3.8, 4) is 0 Å². The van der Waals surface area contributed by atoms with Gasteiger partial charge in [0.15, 0.2) is 5.13 Å². The lowest BCUT2D eigenvalue weighted by molar-refractivity contribution is -0.131. The summed E-state index contributed by atoms with van der Waals surface area (Å²) in [7, 11) is 1.55. The SMILES string of the molecule is COCCOCC(=O)Nc1ncc(/C=C/C(=O)O)s1. The van der Waals surface area contributed by atoms with Crippen LogP contribution in [-0.2, 0) is 19.1 Å². The average molecular weight is 286 g/mol. The van der Waals surface area contributed by atoms with Crippen molar-refractivity contribution >= 4 is 34.4 Å². The molecule has 0 aliphatic rings. The molecule has 0 saturated heterocycles. The summed E-state index contributed by atoms with van der Waals surface area (Å²) in [6.07, 6.45) is 3.89. The van der Waals surface area contributed by atoms with Crippen molar-refractivity contribution in [2.24, 2.45) is 0 Å². The summed E-state index contributed by atoms with van der Waals surface area (Å²) < 4.78 is 9.81. The zero-order valence-electron chi connectivity index (χ0n) is 10.3. The number of nitrogens with zero attached hydrogens (tertiary/aromatic N) is 1. The first-order chi connectivity index (χ1) is 9.11. The van der Waals surface area contributed by atoms with Gasteiger partial charge < -0.3 is 14.6 Å². The van der Waals surface area contributed by atoms with Crippen molar-refractivity contribution in [2.45, 2.75) is 0 Å². The Labute approximate surface area is 113 Å². The average Bonchev–Trinajstić information content (AvgIpc) is 2.80. The molecule has 0 spiro atoms. The first-order valence-corrected chi connectivity index (χ1v) is 6.17. The van der Waals surface area contributed by atoms with E-state index in [2.05, 4.69) is 10.3 Å². The van der Waals surface area contributed by atoms with E-state index in [9.17, 15) is 9.59 Å². The second kappa shape index (κ2) is 8.35. The summed E-state index contributed by atoms with van der Waals surface area (Å²) in [6, 6.07) is 0. The second-order valence-electron chi connectivity index (χ2n) is 3.33. The minimum absolute atomic E-state index is 0.0801. The molecule has 0 fully saturated rings. The molecule has 7 nitrogen and oxygen atoms in total. The maximum Gasteiger partial charge on any atom is 0.328 e. The Balaban J connectivity index is 2.36. The molecule has 19 heavy (non-hydrogen) atoms. The number of aromatic nitrogens is 1. The molecule has 1 amide bonds. The molecular weight excluding hydrogens is 272 g/mol. The van der Waals surface area contributed by atoms with Crippen molar-refractivity contribution in [1.82, 2.24) is 4.98 Å². The number of hydrogen-bond donors (Lipinski definition) is 2. The van der Waals surface area contributed by atoms with Gasteiger partial charge in [0.05, 0.1) is 13.2 Å². The van der Waals surface area contributed by atoms with Crippen LogP contribution >= 0.6 is 11.3 Å². The number of carboxylic acids is 1. The van der Waals surface area contributed by atoms with Gasteiger partial charge >= 0.3 is 5.97 Å². The third kappa shape index (κ3) is 6.65. The fourth-order valence-corrected chi connectivity index (χ4v) is 1.77.